The Kier molecular flexibility index (Phi) is 6.87. The predicted octanol–water partition coefficient (Wildman–Crippen LogP) is 4.18. The Balaban J connectivity index is 1.47. The quantitative estimate of drug-likeness (QED) is 0.301. The van der Waals surface area contributed by atoms with Gasteiger partial charge in [-0.2, -0.15) is 10.1 Å². The van der Waals surface area contributed by atoms with Crippen LogP contribution in [0.15, 0.2) is 60.8 Å². The lowest BCUT2D eigenvalue weighted by Gasteiger charge is -2.27. The van der Waals surface area contributed by atoms with E-state index in [9.17, 15) is 4.79 Å². The molecule has 9 nitrogen and oxygen atoms in total. The number of allylic oxidation sites excluding steroid dienone is 1. The molecular formula is C28H31N7O2. The van der Waals surface area contributed by atoms with Crippen molar-refractivity contribution < 1.29 is 9.53 Å². The van der Waals surface area contributed by atoms with E-state index in [1.54, 1.807) is 12.3 Å². The Labute approximate surface area is 216 Å². The zero-order valence-electron chi connectivity index (χ0n) is 21.6. The zero-order chi connectivity index (χ0) is 25.9. The van der Waals surface area contributed by atoms with Gasteiger partial charge in [0.05, 0.1) is 30.1 Å². The smallest absolute Gasteiger partial charge is 0.228 e. The fraction of sp³-hybridized carbons (Fsp3) is 0.286. The second-order valence-electron chi connectivity index (χ2n) is 9.32. The molecule has 1 N–H and O–H groups in total. The first-order valence-electron chi connectivity index (χ1n) is 12.3. The zero-order valence-corrected chi connectivity index (χ0v) is 21.6. The lowest BCUT2D eigenvalue weighted by atomic mass is 10.1. The minimum absolute atomic E-state index is 0.0417. The van der Waals surface area contributed by atoms with Gasteiger partial charge in [0.1, 0.15) is 5.82 Å². The fourth-order valence-corrected chi connectivity index (χ4v) is 4.33. The lowest BCUT2D eigenvalue weighted by Crippen LogP contribution is -2.37. The Hall–Kier alpha value is -4.24. The molecule has 190 valence electrons. The van der Waals surface area contributed by atoms with Crippen LogP contribution in [-0.2, 0) is 11.8 Å². The number of benzene rings is 2. The Morgan fingerprint density at radius 3 is 2.54 bits per heavy atom. The van der Waals surface area contributed by atoms with Crippen LogP contribution in [0.4, 0.5) is 17.5 Å². The summed E-state index contributed by atoms with van der Waals surface area (Å²) in [5, 5.41) is 9.07. The highest BCUT2D eigenvalue weighted by Crippen LogP contribution is 2.29. The van der Waals surface area contributed by atoms with Crippen LogP contribution < -0.4 is 10.2 Å². The van der Waals surface area contributed by atoms with E-state index in [0.717, 1.165) is 46.6 Å². The maximum atomic E-state index is 12.4. The number of ketones is 1. The molecule has 0 aliphatic carbocycles. The van der Waals surface area contributed by atoms with E-state index in [1.807, 2.05) is 68.0 Å². The summed E-state index contributed by atoms with van der Waals surface area (Å²) < 4.78 is 7.43. The molecule has 1 aliphatic heterocycles. The summed E-state index contributed by atoms with van der Waals surface area (Å²) in [7, 11) is 5.72. The van der Waals surface area contributed by atoms with Crippen LogP contribution in [0.25, 0.3) is 22.2 Å². The highest BCUT2D eigenvalue weighted by Gasteiger charge is 2.17. The van der Waals surface area contributed by atoms with Gasteiger partial charge in [0.2, 0.25) is 5.95 Å². The van der Waals surface area contributed by atoms with Crippen molar-refractivity contribution in [1.82, 2.24) is 24.6 Å². The van der Waals surface area contributed by atoms with Crippen LogP contribution in [0.3, 0.4) is 0 Å². The average Bonchev–Trinajstić information content (AvgIpc) is 3.20. The number of ether oxygens (including phenoxy) is 1. The SMILES string of the molecule is Cc1nn(C)c2cc(-c3cc(Nc4ccc(C(=O)/C=C\N(C)C)cc4)nc(N4CCOCC4)n3)ccc12. The predicted molar refractivity (Wildman–Crippen MR) is 146 cm³/mol. The molecule has 1 fully saturated rings. The number of anilines is 3. The summed E-state index contributed by atoms with van der Waals surface area (Å²) in [6.45, 7) is 4.78. The van der Waals surface area contributed by atoms with Crippen molar-refractivity contribution in [2.24, 2.45) is 7.05 Å². The van der Waals surface area contributed by atoms with Crippen LogP contribution in [0.2, 0.25) is 0 Å². The van der Waals surface area contributed by atoms with Crippen LogP contribution in [0, 0.1) is 6.92 Å². The molecule has 9 heteroatoms. The number of rotatable bonds is 7. The van der Waals surface area contributed by atoms with Crippen LogP contribution in [0.1, 0.15) is 16.1 Å². The lowest BCUT2D eigenvalue weighted by molar-refractivity contribution is 0.104. The summed E-state index contributed by atoms with van der Waals surface area (Å²) in [5.74, 6) is 1.30. The van der Waals surface area contributed by atoms with Gasteiger partial charge >= 0.3 is 0 Å². The van der Waals surface area contributed by atoms with Gasteiger partial charge in [-0.3, -0.25) is 9.48 Å². The number of nitrogens with zero attached hydrogens (tertiary/aromatic N) is 6. The first-order valence-corrected chi connectivity index (χ1v) is 12.3. The van der Waals surface area contributed by atoms with Crippen molar-refractivity contribution in [3.8, 4) is 11.3 Å². The molecule has 0 atom stereocenters. The van der Waals surface area contributed by atoms with Crippen molar-refractivity contribution in [2.45, 2.75) is 6.92 Å². The molecule has 4 aromatic rings. The van der Waals surface area contributed by atoms with E-state index in [2.05, 4.69) is 33.5 Å². The number of hydrogen-bond donors (Lipinski definition) is 1. The third-order valence-electron chi connectivity index (χ3n) is 6.31. The van der Waals surface area contributed by atoms with Gasteiger partial charge in [0.25, 0.3) is 0 Å². The summed E-state index contributed by atoms with van der Waals surface area (Å²) in [6, 6.07) is 15.6. The van der Waals surface area contributed by atoms with Gasteiger partial charge in [-0.25, -0.2) is 4.98 Å². The van der Waals surface area contributed by atoms with Crippen LogP contribution in [-0.4, -0.2) is 70.8 Å². The molecule has 5 rings (SSSR count). The second kappa shape index (κ2) is 10.4. The van der Waals surface area contributed by atoms with Gasteiger partial charge in [0, 0.05) is 74.8 Å². The first kappa shape index (κ1) is 24.5. The van der Waals surface area contributed by atoms with Crippen molar-refractivity contribution >= 4 is 34.1 Å². The third-order valence-corrected chi connectivity index (χ3v) is 6.31. The normalized spacial score (nSPS) is 13.9. The monoisotopic (exact) mass is 497 g/mol. The Morgan fingerprint density at radius 2 is 1.81 bits per heavy atom. The van der Waals surface area contributed by atoms with Crippen LogP contribution >= 0.6 is 0 Å². The highest BCUT2D eigenvalue weighted by molar-refractivity contribution is 6.04. The molecule has 0 unspecified atom stereocenters. The topological polar surface area (TPSA) is 88.4 Å². The van der Waals surface area contributed by atoms with E-state index in [4.69, 9.17) is 14.7 Å². The molecule has 0 bridgehead atoms. The number of morpholine rings is 1. The van der Waals surface area contributed by atoms with E-state index in [-0.39, 0.29) is 5.78 Å². The Morgan fingerprint density at radius 1 is 1.05 bits per heavy atom. The van der Waals surface area contributed by atoms with Crippen molar-refractivity contribution in [1.29, 1.82) is 0 Å². The van der Waals surface area contributed by atoms with Gasteiger partial charge < -0.3 is 19.9 Å². The highest BCUT2D eigenvalue weighted by atomic mass is 16.5. The Bertz CT molecular complexity index is 1450. The molecule has 0 spiro atoms. The van der Waals surface area contributed by atoms with Gasteiger partial charge in [-0.15, -0.1) is 0 Å². The summed E-state index contributed by atoms with van der Waals surface area (Å²) in [4.78, 5) is 26.1. The average molecular weight is 498 g/mol. The molecule has 1 aliphatic rings. The maximum absolute atomic E-state index is 12.4. The van der Waals surface area contributed by atoms with Crippen molar-refractivity contribution in [3.05, 3.63) is 72.1 Å². The molecule has 0 saturated carbocycles. The van der Waals surface area contributed by atoms with E-state index < -0.39 is 0 Å². The number of aromatic nitrogens is 4. The fourth-order valence-electron chi connectivity index (χ4n) is 4.33. The van der Waals surface area contributed by atoms with Gasteiger partial charge in [-0.1, -0.05) is 12.1 Å². The molecule has 37 heavy (non-hydrogen) atoms. The molecule has 2 aromatic heterocycles. The number of aryl methyl sites for hydroxylation is 2. The molecule has 0 amide bonds. The van der Waals surface area contributed by atoms with E-state index in [1.165, 1.54) is 0 Å². The number of carbonyl (C=O) groups excluding carboxylic acids is 1. The summed E-state index contributed by atoms with van der Waals surface area (Å²) >= 11 is 0. The minimum atomic E-state index is -0.0417. The van der Waals surface area contributed by atoms with E-state index >= 15 is 0 Å². The van der Waals surface area contributed by atoms with Crippen molar-refractivity contribution in [2.75, 3.05) is 50.6 Å². The molecular weight excluding hydrogens is 466 g/mol. The third kappa shape index (κ3) is 5.46. The minimum Gasteiger partial charge on any atom is -0.383 e. The van der Waals surface area contributed by atoms with E-state index in [0.29, 0.717) is 30.5 Å². The van der Waals surface area contributed by atoms with Gasteiger partial charge in [0.15, 0.2) is 5.78 Å². The molecule has 3 heterocycles. The molecule has 0 radical (unpaired) electrons. The van der Waals surface area contributed by atoms with Gasteiger partial charge in [-0.05, 0) is 37.3 Å². The summed E-state index contributed by atoms with van der Waals surface area (Å²) in [6.07, 6.45) is 3.31. The second-order valence-corrected chi connectivity index (χ2v) is 9.32. The molecule has 1 saturated heterocycles. The number of hydrogen-bond acceptors (Lipinski definition) is 8. The number of nitrogens with one attached hydrogen (secondary N) is 1. The number of fused-ring (bicyclic) bond motifs is 1. The largest absolute Gasteiger partial charge is 0.383 e. The summed E-state index contributed by atoms with van der Waals surface area (Å²) in [5.41, 5.74) is 5.33. The standard InChI is InChI=1S/C28H31N7O2/c1-19-23-10-7-21(17-25(23)34(4)32-19)24-18-27(31-28(30-24)35-13-15-37-16-14-35)29-22-8-5-20(6-9-22)26(36)11-12-33(2)3/h5-12,17-18H,13-16H2,1-4H3,(H,29,30,31)/b12-11-. The van der Waals surface area contributed by atoms with Crippen molar-refractivity contribution in [3.63, 3.8) is 0 Å². The maximum Gasteiger partial charge on any atom is 0.228 e. The first-order chi connectivity index (χ1) is 17.9. The molecule has 2 aromatic carbocycles. The van der Waals surface area contributed by atoms with Crippen LogP contribution in [0.5, 0.6) is 0 Å². The number of carbonyl (C=O) groups is 1.